The molecule has 1 heterocycles. The van der Waals surface area contributed by atoms with Gasteiger partial charge in [0.15, 0.2) is 5.84 Å². The summed E-state index contributed by atoms with van der Waals surface area (Å²) in [7, 11) is 0. The molecule has 5 heteroatoms. The van der Waals surface area contributed by atoms with Crippen LogP contribution >= 0.6 is 0 Å². The van der Waals surface area contributed by atoms with Gasteiger partial charge < -0.3 is 20.7 Å². The Kier molecular flexibility index (Phi) is 3.33. The molecule has 5 nitrogen and oxygen atoms in total. The molecule has 0 aromatic carbocycles. The van der Waals surface area contributed by atoms with Crippen LogP contribution in [0.4, 0.5) is 0 Å². The first-order chi connectivity index (χ1) is 6.24. The second-order valence-corrected chi connectivity index (χ2v) is 2.76. The summed E-state index contributed by atoms with van der Waals surface area (Å²) in [6.45, 7) is 2.45. The number of nitrogens with zero attached hydrogens (tertiary/aromatic N) is 1. The standard InChI is InChI=1S/C8H13N3O2/c1-6(8(9)11-12)10-4-7-2-3-13-5-7/h2-3,5-6,10,12H,4H2,1H3,(H2,9,11). The van der Waals surface area contributed by atoms with Crippen LogP contribution in [-0.2, 0) is 6.54 Å². The van der Waals surface area contributed by atoms with Gasteiger partial charge in [-0.15, -0.1) is 0 Å². The van der Waals surface area contributed by atoms with Crippen molar-refractivity contribution >= 4 is 5.84 Å². The lowest BCUT2D eigenvalue weighted by Crippen LogP contribution is -2.38. The van der Waals surface area contributed by atoms with Gasteiger partial charge in [-0.3, -0.25) is 0 Å². The average molecular weight is 183 g/mol. The summed E-state index contributed by atoms with van der Waals surface area (Å²) < 4.78 is 4.88. The van der Waals surface area contributed by atoms with Crippen LogP contribution in [0.5, 0.6) is 0 Å². The molecule has 13 heavy (non-hydrogen) atoms. The predicted molar refractivity (Wildman–Crippen MR) is 48.4 cm³/mol. The van der Waals surface area contributed by atoms with E-state index in [9.17, 15) is 0 Å². The SMILES string of the molecule is CC(NCc1ccoc1)/C(N)=N/O. The summed E-state index contributed by atoms with van der Waals surface area (Å²) in [5.74, 6) is 0.170. The van der Waals surface area contributed by atoms with Crippen molar-refractivity contribution in [2.24, 2.45) is 10.9 Å². The topological polar surface area (TPSA) is 83.8 Å². The summed E-state index contributed by atoms with van der Waals surface area (Å²) in [6.07, 6.45) is 3.25. The van der Waals surface area contributed by atoms with E-state index in [1.54, 1.807) is 12.5 Å². The molecular weight excluding hydrogens is 170 g/mol. The van der Waals surface area contributed by atoms with Crippen LogP contribution < -0.4 is 11.1 Å². The second-order valence-electron chi connectivity index (χ2n) is 2.76. The predicted octanol–water partition coefficient (Wildman–Crippen LogP) is 0.504. The van der Waals surface area contributed by atoms with Crippen molar-refractivity contribution in [1.29, 1.82) is 0 Å². The number of nitrogens with one attached hydrogen (secondary N) is 1. The van der Waals surface area contributed by atoms with Crippen LogP contribution in [0, 0.1) is 0 Å². The van der Waals surface area contributed by atoms with E-state index >= 15 is 0 Å². The molecule has 0 aliphatic carbocycles. The van der Waals surface area contributed by atoms with Crippen LogP contribution in [0.1, 0.15) is 12.5 Å². The first kappa shape index (κ1) is 9.60. The Labute approximate surface area is 76.2 Å². The maximum atomic E-state index is 8.37. The van der Waals surface area contributed by atoms with Gasteiger partial charge in [-0.2, -0.15) is 0 Å². The van der Waals surface area contributed by atoms with E-state index in [1.807, 2.05) is 13.0 Å². The first-order valence-corrected chi connectivity index (χ1v) is 3.96. The largest absolute Gasteiger partial charge is 0.472 e. The van der Waals surface area contributed by atoms with Crippen molar-refractivity contribution in [1.82, 2.24) is 5.32 Å². The van der Waals surface area contributed by atoms with Gasteiger partial charge in [-0.1, -0.05) is 5.16 Å². The number of amidine groups is 1. The van der Waals surface area contributed by atoms with Gasteiger partial charge in [0.1, 0.15) is 0 Å². The second kappa shape index (κ2) is 4.51. The summed E-state index contributed by atoms with van der Waals surface area (Å²) in [4.78, 5) is 0. The molecule has 0 spiro atoms. The first-order valence-electron chi connectivity index (χ1n) is 3.96. The Bertz CT molecular complexity index is 269. The Balaban J connectivity index is 2.35. The zero-order valence-electron chi connectivity index (χ0n) is 7.40. The van der Waals surface area contributed by atoms with Crippen molar-refractivity contribution in [3.05, 3.63) is 24.2 Å². The highest BCUT2D eigenvalue weighted by Gasteiger charge is 2.06. The Morgan fingerprint density at radius 2 is 2.62 bits per heavy atom. The third kappa shape index (κ3) is 2.79. The van der Waals surface area contributed by atoms with Crippen LogP contribution in [0.25, 0.3) is 0 Å². The number of furan rings is 1. The minimum atomic E-state index is -0.153. The van der Waals surface area contributed by atoms with Crippen LogP contribution in [0.15, 0.2) is 28.2 Å². The minimum absolute atomic E-state index is 0.153. The van der Waals surface area contributed by atoms with Crippen LogP contribution in [0.3, 0.4) is 0 Å². The van der Waals surface area contributed by atoms with Crippen molar-refractivity contribution in [3.63, 3.8) is 0 Å². The fourth-order valence-electron chi connectivity index (χ4n) is 0.855. The zero-order chi connectivity index (χ0) is 9.68. The lowest BCUT2D eigenvalue weighted by atomic mass is 10.3. The average Bonchev–Trinajstić information content (AvgIpc) is 2.65. The van der Waals surface area contributed by atoms with E-state index in [-0.39, 0.29) is 11.9 Å². The molecule has 0 saturated heterocycles. The van der Waals surface area contributed by atoms with E-state index in [0.717, 1.165) is 5.56 Å². The van der Waals surface area contributed by atoms with Gasteiger partial charge in [0.25, 0.3) is 0 Å². The number of rotatable bonds is 4. The van der Waals surface area contributed by atoms with Gasteiger partial charge in [-0.05, 0) is 13.0 Å². The molecule has 0 bridgehead atoms. The van der Waals surface area contributed by atoms with E-state index in [4.69, 9.17) is 15.4 Å². The monoisotopic (exact) mass is 183 g/mol. The third-order valence-corrected chi connectivity index (χ3v) is 1.75. The molecule has 0 radical (unpaired) electrons. The van der Waals surface area contributed by atoms with Gasteiger partial charge in [0.2, 0.25) is 0 Å². The van der Waals surface area contributed by atoms with Gasteiger partial charge in [0.05, 0.1) is 18.6 Å². The Morgan fingerprint density at radius 1 is 1.85 bits per heavy atom. The molecule has 1 aromatic heterocycles. The van der Waals surface area contributed by atoms with Crippen molar-refractivity contribution < 1.29 is 9.62 Å². The molecule has 0 fully saturated rings. The molecule has 0 amide bonds. The molecule has 1 aromatic rings. The summed E-state index contributed by atoms with van der Waals surface area (Å²) >= 11 is 0. The summed E-state index contributed by atoms with van der Waals surface area (Å²) in [5.41, 5.74) is 6.40. The molecule has 72 valence electrons. The van der Waals surface area contributed by atoms with Crippen LogP contribution in [-0.4, -0.2) is 17.1 Å². The molecular formula is C8H13N3O2. The lowest BCUT2D eigenvalue weighted by molar-refractivity contribution is 0.315. The number of nitrogens with two attached hydrogens (primary N) is 1. The number of oxime groups is 1. The molecule has 1 unspecified atom stereocenters. The lowest BCUT2D eigenvalue weighted by Gasteiger charge is -2.10. The smallest absolute Gasteiger partial charge is 0.156 e. The highest BCUT2D eigenvalue weighted by Crippen LogP contribution is 1.99. The molecule has 1 rings (SSSR count). The summed E-state index contributed by atoms with van der Waals surface area (Å²) in [6, 6.07) is 1.70. The number of hydrogen-bond acceptors (Lipinski definition) is 4. The Hall–Kier alpha value is -1.49. The third-order valence-electron chi connectivity index (χ3n) is 1.75. The normalized spacial score (nSPS) is 14.4. The van der Waals surface area contributed by atoms with Crippen molar-refractivity contribution in [2.75, 3.05) is 0 Å². The fourth-order valence-corrected chi connectivity index (χ4v) is 0.855. The van der Waals surface area contributed by atoms with Gasteiger partial charge >= 0.3 is 0 Å². The van der Waals surface area contributed by atoms with Gasteiger partial charge in [0, 0.05) is 12.1 Å². The van der Waals surface area contributed by atoms with Crippen molar-refractivity contribution in [2.45, 2.75) is 19.5 Å². The van der Waals surface area contributed by atoms with Crippen LogP contribution in [0.2, 0.25) is 0 Å². The van der Waals surface area contributed by atoms with Crippen molar-refractivity contribution in [3.8, 4) is 0 Å². The maximum absolute atomic E-state index is 8.37. The molecule has 4 N–H and O–H groups in total. The van der Waals surface area contributed by atoms with E-state index in [1.165, 1.54) is 0 Å². The highest BCUT2D eigenvalue weighted by atomic mass is 16.4. The van der Waals surface area contributed by atoms with E-state index < -0.39 is 0 Å². The quantitative estimate of drug-likeness (QED) is 0.275. The molecule has 0 aliphatic heterocycles. The fraction of sp³-hybridized carbons (Fsp3) is 0.375. The molecule has 1 atom stereocenters. The van der Waals surface area contributed by atoms with Gasteiger partial charge in [-0.25, -0.2) is 0 Å². The zero-order valence-corrected chi connectivity index (χ0v) is 7.40. The van der Waals surface area contributed by atoms with E-state index in [0.29, 0.717) is 6.54 Å². The number of hydrogen-bond donors (Lipinski definition) is 3. The molecule has 0 saturated carbocycles. The van der Waals surface area contributed by atoms with E-state index in [2.05, 4.69) is 10.5 Å². The highest BCUT2D eigenvalue weighted by molar-refractivity contribution is 5.84. The molecule has 0 aliphatic rings. The minimum Gasteiger partial charge on any atom is -0.472 e. The Morgan fingerprint density at radius 3 is 3.15 bits per heavy atom. The maximum Gasteiger partial charge on any atom is 0.156 e. The summed E-state index contributed by atoms with van der Waals surface area (Å²) in [5, 5.41) is 14.3.